The van der Waals surface area contributed by atoms with Gasteiger partial charge in [0.2, 0.25) is 0 Å². The molecule has 1 rings (SSSR count). The molecule has 88 valence electrons. The molecule has 0 aliphatic carbocycles. The molecule has 15 heavy (non-hydrogen) atoms. The summed E-state index contributed by atoms with van der Waals surface area (Å²) in [5, 5.41) is 1.76. The Balaban J connectivity index is 2.58. The van der Waals surface area contributed by atoms with Crippen molar-refractivity contribution in [2.75, 3.05) is 13.1 Å². The highest BCUT2D eigenvalue weighted by Gasteiger charge is 2.39. The number of hydrogen-bond donors (Lipinski definition) is 1. The fourth-order valence-electron chi connectivity index (χ4n) is 1.62. The summed E-state index contributed by atoms with van der Waals surface area (Å²) in [6, 6.07) is 0. The van der Waals surface area contributed by atoms with Gasteiger partial charge in [-0.15, -0.1) is 0 Å². The maximum Gasteiger partial charge on any atom is 0.312 e. The third-order valence-electron chi connectivity index (χ3n) is 2.79. The smallest absolute Gasteiger partial charge is 0.312 e. The number of hydrogen-bond acceptors (Lipinski definition) is 4. The monoisotopic (exact) mass is 214 g/mol. The third-order valence-corrected chi connectivity index (χ3v) is 2.79. The first-order valence-corrected chi connectivity index (χ1v) is 5.46. The molecule has 0 unspecified atom stereocenters. The Kier molecular flexibility index (Phi) is 3.41. The average molecular weight is 214 g/mol. The Morgan fingerprint density at radius 1 is 1.33 bits per heavy atom. The fourth-order valence-corrected chi connectivity index (χ4v) is 1.62. The topological polar surface area (TPSA) is 55.6 Å². The maximum atomic E-state index is 12.0. The standard InChI is InChI=1S/C11H22N2O2/c1-10(2,3)15-9(14)11(4)5-7-13(12)8-6-11/h5-8,12H2,1-4H3. The molecule has 0 aromatic heterocycles. The molecular weight excluding hydrogens is 192 g/mol. The lowest BCUT2D eigenvalue weighted by Crippen LogP contribution is -2.47. The molecule has 0 bridgehead atoms. The van der Waals surface area contributed by atoms with E-state index in [0.29, 0.717) is 0 Å². The van der Waals surface area contributed by atoms with Crippen LogP contribution in [0.1, 0.15) is 40.5 Å². The molecule has 0 saturated carbocycles. The zero-order valence-electron chi connectivity index (χ0n) is 10.2. The van der Waals surface area contributed by atoms with E-state index in [1.807, 2.05) is 27.7 Å². The second-order valence-electron chi connectivity index (χ2n) is 5.60. The average Bonchev–Trinajstić information content (AvgIpc) is 2.07. The Bertz CT molecular complexity index is 237. The van der Waals surface area contributed by atoms with Crippen LogP contribution in [0, 0.1) is 5.41 Å². The van der Waals surface area contributed by atoms with Crippen molar-refractivity contribution in [1.82, 2.24) is 5.01 Å². The molecule has 1 saturated heterocycles. The van der Waals surface area contributed by atoms with Crippen LogP contribution in [0.4, 0.5) is 0 Å². The Morgan fingerprint density at radius 3 is 2.20 bits per heavy atom. The lowest BCUT2D eigenvalue weighted by molar-refractivity contribution is -0.169. The maximum absolute atomic E-state index is 12.0. The van der Waals surface area contributed by atoms with E-state index in [4.69, 9.17) is 10.6 Å². The van der Waals surface area contributed by atoms with Crippen LogP contribution in [-0.4, -0.2) is 29.7 Å². The van der Waals surface area contributed by atoms with E-state index in [1.165, 1.54) is 0 Å². The fraction of sp³-hybridized carbons (Fsp3) is 0.909. The molecule has 1 aliphatic rings. The van der Waals surface area contributed by atoms with Crippen molar-refractivity contribution in [3.63, 3.8) is 0 Å². The molecular formula is C11H22N2O2. The van der Waals surface area contributed by atoms with Gasteiger partial charge in [0.05, 0.1) is 5.41 Å². The summed E-state index contributed by atoms with van der Waals surface area (Å²) in [4.78, 5) is 12.0. The van der Waals surface area contributed by atoms with Crippen molar-refractivity contribution < 1.29 is 9.53 Å². The van der Waals surface area contributed by atoms with E-state index in [9.17, 15) is 4.79 Å². The number of esters is 1. The van der Waals surface area contributed by atoms with Gasteiger partial charge in [-0.3, -0.25) is 10.6 Å². The highest BCUT2D eigenvalue weighted by atomic mass is 16.6. The van der Waals surface area contributed by atoms with Gasteiger partial charge in [0.15, 0.2) is 0 Å². The summed E-state index contributed by atoms with van der Waals surface area (Å²) in [5.74, 6) is 5.57. The molecule has 0 aromatic carbocycles. The van der Waals surface area contributed by atoms with E-state index >= 15 is 0 Å². The normalized spacial score (nSPS) is 22.5. The largest absolute Gasteiger partial charge is 0.460 e. The second kappa shape index (κ2) is 4.10. The van der Waals surface area contributed by atoms with Crippen molar-refractivity contribution >= 4 is 5.97 Å². The molecule has 2 N–H and O–H groups in total. The number of nitrogens with zero attached hydrogens (tertiary/aromatic N) is 1. The first-order valence-electron chi connectivity index (χ1n) is 5.46. The lowest BCUT2D eigenvalue weighted by atomic mass is 9.81. The third kappa shape index (κ3) is 3.47. The lowest BCUT2D eigenvalue weighted by Gasteiger charge is -2.37. The van der Waals surface area contributed by atoms with E-state index in [2.05, 4.69) is 0 Å². The highest BCUT2D eigenvalue weighted by molar-refractivity contribution is 5.76. The molecule has 1 heterocycles. The molecule has 1 aliphatic heterocycles. The van der Waals surface area contributed by atoms with E-state index in [0.717, 1.165) is 25.9 Å². The summed E-state index contributed by atoms with van der Waals surface area (Å²) < 4.78 is 5.42. The minimum Gasteiger partial charge on any atom is -0.460 e. The number of nitrogens with two attached hydrogens (primary N) is 1. The van der Waals surface area contributed by atoms with Gasteiger partial charge in [0.1, 0.15) is 5.60 Å². The molecule has 0 radical (unpaired) electrons. The summed E-state index contributed by atoms with van der Waals surface area (Å²) in [7, 11) is 0. The first kappa shape index (κ1) is 12.5. The second-order valence-corrected chi connectivity index (χ2v) is 5.60. The van der Waals surface area contributed by atoms with Crippen molar-refractivity contribution in [2.24, 2.45) is 11.3 Å². The van der Waals surface area contributed by atoms with Crippen LogP contribution in [-0.2, 0) is 9.53 Å². The van der Waals surface area contributed by atoms with Gasteiger partial charge >= 0.3 is 5.97 Å². The van der Waals surface area contributed by atoms with Crippen LogP contribution >= 0.6 is 0 Å². The molecule has 1 fully saturated rings. The van der Waals surface area contributed by atoms with Crippen LogP contribution in [0.3, 0.4) is 0 Å². The summed E-state index contributed by atoms with van der Waals surface area (Å²) in [6.07, 6.45) is 1.55. The first-order chi connectivity index (χ1) is 6.73. The van der Waals surface area contributed by atoms with Gasteiger partial charge in [-0.05, 0) is 40.5 Å². The molecule has 0 spiro atoms. The molecule has 0 aromatic rings. The van der Waals surface area contributed by atoms with Gasteiger partial charge in [-0.1, -0.05) is 0 Å². The molecule has 4 heteroatoms. The molecule has 0 atom stereocenters. The van der Waals surface area contributed by atoms with Crippen molar-refractivity contribution in [3.8, 4) is 0 Å². The predicted molar refractivity (Wildman–Crippen MR) is 58.9 cm³/mol. The van der Waals surface area contributed by atoms with Gasteiger partial charge < -0.3 is 4.74 Å². The summed E-state index contributed by atoms with van der Waals surface area (Å²) in [6.45, 7) is 9.17. The predicted octanol–water partition coefficient (Wildman–Crippen LogP) is 1.30. The van der Waals surface area contributed by atoms with Gasteiger partial charge in [0, 0.05) is 13.1 Å². The van der Waals surface area contributed by atoms with Gasteiger partial charge in [-0.2, -0.15) is 0 Å². The van der Waals surface area contributed by atoms with Gasteiger partial charge in [-0.25, -0.2) is 5.01 Å². The molecule has 0 amide bonds. The summed E-state index contributed by atoms with van der Waals surface area (Å²) in [5.41, 5.74) is -0.761. The van der Waals surface area contributed by atoms with E-state index in [-0.39, 0.29) is 11.4 Å². The minimum atomic E-state index is -0.403. The zero-order valence-corrected chi connectivity index (χ0v) is 10.2. The minimum absolute atomic E-state index is 0.0944. The Morgan fingerprint density at radius 2 is 1.80 bits per heavy atom. The van der Waals surface area contributed by atoms with E-state index in [1.54, 1.807) is 5.01 Å². The number of piperidine rings is 1. The van der Waals surface area contributed by atoms with Gasteiger partial charge in [0.25, 0.3) is 0 Å². The number of ether oxygens (including phenoxy) is 1. The van der Waals surface area contributed by atoms with Crippen molar-refractivity contribution in [2.45, 2.75) is 46.1 Å². The van der Waals surface area contributed by atoms with E-state index < -0.39 is 5.60 Å². The van der Waals surface area contributed by atoms with Crippen molar-refractivity contribution in [3.05, 3.63) is 0 Å². The quantitative estimate of drug-likeness (QED) is 0.528. The molecule has 4 nitrogen and oxygen atoms in total. The van der Waals surface area contributed by atoms with Crippen LogP contribution < -0.4 is 5.84 Å². The number of carbonyl (C=O) groups excluding carboxylic acids is 1. The van der Waals surface area contributed by atoms with Crippen LogP contribution in [0.2, 0.25) is 0 Å². The highest BCUT2D eigenvalue weighted by Crippen LogP contribution is 2.32. The van der Waals surface area contributed by atoms with Crippen molar-refractivity contribution in [1.29, 1.82) is 0 Å². The Labute approximate surface area is 91.7 Å². The number of rotatable bonds is 1. The zero-order chi connectivity index (χ0) is 11.7. The number of carbonyl (C=O) groups is 1. The Hall–Kier alpha value is -0.610. The summed E-state index contributed by atoms with van der Waals surface area (Å²) >= 11 is 0. The SMILES string of the molecule is CC(C)(C)OC(=O)C1(C)CCN(N)CC1. The van der Waals surface area contributed by atoms with Crippen LogP contribution in [0.25, 0.3) is 0 Å². The van der Waals surface area contributed by atoms with Crippen LogP contribution in [0.5, 0.6) is 0 Å². The van der Waals surface area contributed by atoms with Crippen LogP contribution in [0.15, 0.2) is 0 Å². The number of hydrazine groups is 1.